The molecule has 0 N–H and O–H groups in total. The highest BCUT2D eigenvalue weighted by molar-refractivity contribution is 7.92. The van der Waals surface area contributed by atoms with Gasteiger partial charge in [0.2, 0.25) is 5.91 Å². The SMILES string of the molecule is Cc1ccc(C)c2sc(N3CCN(C(=O)CS(=O)(=O)c4ccccc4)CC3)nc12. The number of amides is 1. The monoisotopic (exact) mass is 429 g/mol. The molecule has 29 heavy (non-hydrogen) atoms. The largest absolute Gasteiger partial charge is 0.345 e. The molecule has 2 heterocycles. The Kier molecular flexibility index (Phi) is 5.31. The van der Waals surface area contributed by atoms with Gasteiger partial charge in [-0.25, -0.2) is 13.4 Å². The van der Waals surface area contributed by atoms with Crippen LogP contribution in [0, 0.1) is 13.8 Å². The Bertz CT molecular complexity index is 1110. The molecular formula is C21H23N3O3S2. The van der Waals surface area contributed by atoms with Gasteiger partial charge in [-0.3, -0.25) is 4.79 Å². The van der Waals surface area contributed by atoms with Crippen LogP contribution in [0.25, 0.3) is 10.2 Å². The number of nitrogens with zero attached hydrogens (tertiary/aromatic N) is 3. The number of hydrogen-bond acceptors (Lipinski definition) is 6. The summed E-state index contributed by atoms with van der Waals surface area (Å²) in [6.07, 6.45) is 0. The van der Waals surface area contributed by atoms with Gasteiger partial charge in [0.05, 0.1) is 15.1 Å². The molecule has 1 aromatic heterocycles. The van der Waals surface area contributed by atoms with E-state index in [9.17, 15) is 13.2 Å². The second kappa shape index (κ2) is 7.76. The van der Waals surface area contributed by atoms with Gasteiger partial charge >= 0.3 is 0 Å². The van der Waals surface area contributed by atoms with Crippen LogP contribution in [0.2, 0.25) is 0 Å². The van der Waals surface area contributed by atoms with Crippen molar-refractivity contribution in [2.24, 2.45) is 0 Å². The second-order valence-electron chi connectivity index (χ2n) is 7.31. The van der Waals surface area contributed by atoms with Crippen LogP contribution in [0.15, 0.2) is 47.4 Å². The molecule has 1 saturated heterocycles. The summed E-state index contributed by atoms with van der Waals surface area (Å²) in [5.74, 6) is -0.833. The maximum Gasteiger partial charge on any atom is 0.238 e. The van der Waals surface area contributed by atoms with Crippen LogP contribution < -0.4 is 4.90 Å². The smallest absolute Gasteiger partial charge is 0.238 e. The van der Waals surface area contributed by atoms with Crippen LogP contribution in [0.5, 0.6) is 0 Å². The molecule has 1 amide bonds. The standard InChI is InChI=1S/C21H23N3O3S2/c1-15-8-9-16(2)20-19(15)22-21(28-20)24-12-10-23(11-13-24)18(25)14-29(26,27)17-6-4-3-5-7-17/h3-9H,10-14H2,1-2H3. The van der Waals surface area contributed by atoms with Gasteiger partial charge in [-0.05, 0) is 37.1 Å². The van der Waals surface area contributed by atoms with Crippen LogP contribution in [0.4, 0.5) is 5.13 Å². The van der Waals surface area contributed by atoms with Crippen LogP contribution in [-0.4, -0.2) is 56.1 Å². The minimum atomic E-state index is -3.62. The lowest BCUT2D eigenvalue weighted by Crippen LogP contribution is -2.50. The number of benzene rings is 2. The van der Waals surface area contributed by atoms with Gasteiger partial charge < -0.3 is 9.80 Å². The van der Waals surface area contributed by atoms with Crippen LogP contribution in [0.1, 0.15) is 11.1 Å². The molecule has 6 nitrogen and oxygen atoms in total. The Hall–Kier alpha value is -2.45. The predicted octanol–water partition coefficient (Wildman–Crippen LogP) is 3.04. The fourth-order valence-electron chi connectivity index (χ4n) is 3.50. The van der Waals surface area contributed by atoms with Gasteiger partial charge in [0.25, 0.3) is 0 Å². The summed E-state index contributed by atoms with van der Waals surface area (Å²) in [6, 6.07) is 12.3. The summed E-state index contributed by atoms with van der Waals surface area (Å²) in [5.41, 5.74) is 3.42. The van der Waals surface area contributed by atoms with Crippen molar-refractivity contribution in [2.75, 3.05) is 36.8 Å². The van der Waals surface area contributed by atoms with Gasteiger partial charge in [0, 0.05) is 26.2 Å². The maximum absolute atomic E-state index is 12.6. The number of carbonyl (C=O) groups excluding carboxylic acids is 1. The number of carbonyl (C=O) groups is 1. The number of piperazine rings is 1. The normalized spacial score (nSPS) is 15.1. The molecule has 0 aliphatic carbocycles. The van der Waals surface area contributed by atoms with Crippen LogP contribution >= 0.6 is 11.3 Å². The number of aromatic nitrogens is 1. The number of aryl methyl sites for hydroxylation is 2. The first-order valence-corrected chi connectivity index (χ1v) is 12.0. The average Bonchev–Trinajstić information content (AvgIpc) is 3.18. The van der Waals surface area contributed by atoms with Crippen LogP contribution in [-0.2, 0) is 14.6 Å². The third kappa shape index (κ3) is 4.00. The zero-order valence-corrected chi connectivity index (χ0v) is 18.1. The van der Waals surface area contributed by atoms with Gasteiger partial charge in [-0.1, -0.05) is 41.7 Å². The number of hydrogen-bond donors (Lipinski definition) is 0. The van der Waals surface area contributed by atoms with Crippen molar-refractivity contribution in [3.05, 3.63) is 53.6 Å². The number of sulfone groups is 1. The quantitative estimate of drug-likeness (QED) is 0.638. The summed E-state index contributed by atoms with van der Waals surface area (Å²) in [4.78, 5) is 21.4. The maximum atomic E-state index is 12.6. The lowest BCUT2D eigenvalue weighted by molar-refractivity contribution is -0.128. The Morgan fingerprint density at radius 1 is 1.00 bits per heavy atom. The molecule has 2 aromatic carbocycles. The number of rotatable bonds is 4. The minimum Gasteiger partial charge on any atom is -0.345 e. The highest BCUT2D eigenvalue weighted by atomic mass is 32.2. The zero-order valence-electron chi connectivity index (χ0n) is 16.5. The van der Waals surface area contributed by atoms with Crippen molar-refractivity contribution in [1.29, 1.82) is 0 Å². The lowest BCUT2D eigenvalue weighted by Gasteiger charge is -2.34. The van der Waals surface area contributed by atoms with Gasteiger partial charge in [-0.2, -0.15) is 0 Å². The van der Waals surface area contributed by atoms with Crippen molar-refractivity contribution in [3.63, 3.8) is 0 Å². The van der Waals surface area contributed by atoms with Crippen molar-refractivity contribution in [2.45, 2.75) is 18.7 Å². The van der Waals surface area contributed by atoms with Crippen molar-refractivity contribution in [1.82, 2.24) is 9.88 Å². The first kappa shape index (κ1) is 19.8. The summed E-state index contributed by atoms with van der Waals surface area (Å²) in [7, 11) is -3.62. The number of anilines is 1. The molecule has 1 aliphatic heterocycles. The molecule has 0 bridgehead atoms. The van der Waals surface area contributed by atoms with Gasteiger partial charge in [0.1, 0.15) is 5.75 Å². The minimum absolute atomic E-state index is 0.187. The topological polar surface area (TPSA) is 70.6 Å². The molecule has 3 aromatic rings. The third-order valence-electron chi connectivity index (χ3n) is 5.25. The summed E-state index contributed by atoms with van der Waals surface area (Å²) in [5, 5.41) is 0.960. The molecule has 0 radical (unpaired) electrons. The molecule has 0 spiro atoms. The Balaban J connectivity index is 1.42. The van der Waals surface area contributed by atoms with E-state index in [4.69, 9.17) is 4.98 Å². The van der Waals surface area contributed by atoms with E-state index in [1.807, 2.05) is 0 Å². The van der Waals surface area contributed by atoms with E-state index in [-0.39, 0.29) is 10.8 Å². The van der Waals surface area contributed by atoms with Crippen LogP contribution in [0.3, 0.4) is 0 Å². The zero-order chi connectivity index (χ0) is 20.6. The Morgan fingerprint density at radius 3 is 2.31 bits per heavy atom. The van der Waals surface area contributed by atoms with Gasteiger partial charge in [0.15, 0.2) is 15.0 Å². The van der Waals surface area contributed by atoms with E-state index in [0.29, 0.717) is 26.2 Å². The van der Waals surface area contributed by atoms with E-state index >= 15 is 0 Å². The first-order valence-electron chi connectivity index (χ1n) is 9.52. The van der Waals surface area contributed by atoms with Crippen molar-refractivity contribution in [3.8, 4) is 0 Å². The average molecular weight is 430 g/mol. The Labute approximate surface area is 174 Å². The summed E-state index contributed by atoms with van der Waals surface area (Å²) < 4.78 is 26.1. The molecule has 0 atom stereocenters. The third-order valence-corrected chi connectivity index (χ3v) is 8.12. The predicted molar refractivity (Wildman–Crippen MR) is 116 cm³/mol. The van der Waals surface area contributed by atoms with Crippen molar-refractivity contribution >= 4 is 42.4 Å². The molecule has 0 unspecified atom stereocenters. The molecule has 1 fully saturated rings. The lowest BCUT2D eigenvalue weighted by atomic mass is 10.1. The molecule has 8 heteroatoms. The molecule has 1 aliphatic rings. The van der Waals surface area contributed by atoms with E-state index in [1.54, 1.807) is 34.4 Å². The summed E-state index contributed by atoms with van der Waals surface area (Å²) in [6.45, 7) is 6.45. The van der Waals surface area contributed by atoms with E-state index in [0.717, 1.165) is 16.2 Å². The fraction of sp³-hybridized carbons (Fsp3) is 0.333. The highest BCUT2D eigenvalue weighted by Gasteiger charge is 2.27. The van der Waals surface area contributed by atoms with Crippen molar-refractivity contribution < 1.29 is 13.2 Å². The molecule has 0 saturated carbocycles. The highest BCUT2D eigenvalue weighted by Crippen LogP contribution is 2.33. The Morgan fingerprint density at radius 2 is 1.66 bits per heavy atom. The molecular weight excluding hydrogens is 406 g/mol. The fourth-order valence-corrected chi connectivity index (χ4v) is 5.91. The number of thiazole rings is 1. The first-order chi connectivity index (χ1) is 13.8. The second-order valence-corrected chi connectivity index (χ2v) is 10.3. The molecule has 4 rings (SSSR count). The van der Waals surface area contributed by atoms with E-state index in [1.165, 1.54) is 22.4 Å². The van der Waals surface area contributed by atoms with E-state index < -0.39 is 15.6 Å². The summed E-state index contributed by atoms with van der Waals surface area (Å²) >= 11 is 1.68. The van der Waals surface area contributed by atoms with Gasteiger partial charge in [-0.15, -0.1) is 0 Å². The van der Waals surface area contributed by atoms with E-state index in [2.05, 4.69) is 30.9 Å². The molecule has 152 valence electrons. The number of fused-ring (bicyclic) bond motifs is 1.